The maximum absolute atomic E-state index is 14.2. The average Bonchev–Trinajstić information content (AvgIpc) is 3.08. The first-order valence-electron chi connectivity index (χ1n) is 28.2. The fourth-order valence-corrected chi connectivity index (χ4v) is 9.30. The van der Waals surface area contributed by atoms with Gasteiger partial charge in [-0.1, -0.05) is 45.9 Å². The number of aliphatic imine (C=N–C) groups is 1. The minimum absolute atomic E-state index is 0.0243. The van der Waals surface area contributed by atoms with Crippen molar-refractivity contribution in [1.82, 2.24) is 52.4 Å². The van der Waals surface area contributed by atoms with Crippen LogP contribution in [-0.2, 0) is 68.7 Å². The van der Waals surface area contributed by atoms with E-state index in [0.717, 1.165) is 16.5 Å². The quantitative estimate of drug-likeness (QED) is 0.0170. The molecule has 32 nitrogen and oxygen atoms in total. The van der Waals surface area contributed by atoms with Crippen molar-refractivity contribution in [2.45, 2.75) is 166 Å². The van der Waals surface area contributed by atoms with E-state index >= 15 is 0 Å². The topological polar surface area (TPSA) is 540 Å². The number of nitrogens with one attached hydrogen (secondary N) is 9. The number of fused-ring (bicyclic) bond motifs is 1. The summed E-state index contributed by atoms with van der Waals surface area (Å²) in [5.41, 5.74) is 29.2. The van der Waals surface area contributed by atoms with Gasteiger partial charge in [-0.15, -0.1) is 0 Å². The summed E-state index contributed by atoms with van der Waals surface area (Å²) in [6, 6.07) is -5.63. The number of nitrogens with two attached hydrogens (primary N) is 5. The van der Waals surface area contributed by atoms with E-state index in [-0.39, 0.29) is 75.8 Å². The number of hydrogen-bond acceptors (Lipinski definition) is 16. The minimum Gasteiger partial charge on any atom is -0.481 e. The van der Waals surface area contributed by atoms with Gasteiger partial charge in [-0.25, -0.2) is 4.79 Å². The van der Waals surface area contributed by atoms with E-state index in [4.69, 9.17) is 28.7 Å². The average molecular weight is 1210 g/mol. The smallest absolute Gasteiger partial charge is 0.326 e. The third-order valence-electron chi connectivity index (χ3n) is 13.7. The Morgan fingerprint density at radius 3 is 1.71 bits per heavy atom. The molecule has 9 atom stereocenters. The second-order valence-corrected chi connectivity index (χ2v) is 21.7. The Hall–Kier alpha value is -8.94. The standard InChI is InChI=1S/C54H84N16O16/c1-27(2)21-37(68-45(77)31(55)23-29-24-61-32-10-6-5-9-30(29)32)49(81)64-33(13-16-41(56)72)46(78)62-25-43(74)63-39(26-71)50(82)66-34(14-17-42(57)73)47(79)65-35(15-18-44(75)76)48(80)69-38(22-28(3)4)52(84)70-20-8-12-40(70)51(83)67-36(53(85)86)11-7-19-60-54(58)59/h5-6,9-10,24,27-28,31,33-40,61,71H,7-8,11-23,25-26,55H2,1-4H3,(H2,56,72)(H2,57,73)(H,62,78)(H,63,74)(H,64,81)(H,65,79)(H,66,82)(H,67,83)(H,68,77)(H,69,80)(H,75,76)(H,85,86)(H4,58,59,60)/t31-,33-,34-,35-,36-,37-,38-,39-,40-/m0/s1. The van der Waals surface area contributed by atoms with E-state index in [1.807, 2.05) is 24.3 Å². The molecule has 0 saturated carbocycles. The highest BCUT2D eigenvalue weighted by Crippen LogP contribution is 2.22. The zero-order valence-corrected chi connectivity index (χ0v) is 48.7. The molecular formula is C54H84N16O16. The fourth-order valence-electron chi connectivity index (χ4n) is 9.30. The molecule has 22 N–H and O–H groups in total. The predicted molar refractivity (Wildman–Crippen MR) is 309 cm³/mol. The van der Waals surface area contributed by atoms with Gasteiger partial charge in [0.1, 0.15) is 48.3 Å². The van der Waals surface area contributed by atoms with Crippen molar-refractivity contribution in [3.63, 3.8) is 0 Å². The summed E-state index contributed by atoms with van der Waals surface area (Å²) < 4.78 is 0. The first-order valence-corrected chi connectivity index (χ1v) is 28.2. The van der Waals surface area contributed by atoms with Crippen LogP contribution in [-0.4, -0.2) is 189 Å². The van der Waals surface area contributed by atoms with Crippen molar-refractivity contribution >= 4 is 93.8 Å². The molecule has 1 aliphatic heterocycles. The number of nitrogens with zero attached hydrogens (tertiary/aromatic N) is 2. The number of amides is 11. The molecule has 0 radical (unpaired) electrons. The molecule has 0 bridgehead atoms. The van der Waals surface area contributed by atoms with Gasteiger partial charge >= 0.3 is 11.9 Å². The molecule has 1 saturated heterocycles. The van der Waals surface area contributed by atoms with Gasteiger partial charge < -0.3 is 96.4 Å². The fraction of sp³-hybridized carbons (Fsp3) is 0.593. The lowest BCUT2D eigenvalue weighted by Crippen LogP contribution is -2.60. The number of rotatable bonds is 38. The lowest BCUT2D eigenvalue weighted by molar-refractivity contribution is -0.145. The molecule has 0 spiro atoms. The summed E-state index contributed by atoms with van der Waals surface area (Å²) in [4.78, 5) is 179. The zero-order valence-electron chi connectivity index (χ0n) is 48.7. The minimum atomic E-state index is -1.85. The monoisotopic (exact) mass is 1210 g/mol. The van der Waals surface area contributed by atoms with Gasteiger partial charge in [0, 0.05) is 49.5 Å². The molecule has 0 unspecified atom stereocenters. The number of aliphatic hydroxyl groups is 1. The van der Waals surface area contributed by atoms with Crippen LogP contribution in [0.1, 0.15) is 110 Å². The van der Waals surface area contributed by atoms with E-state index < -0.39 is 177 Å². The van der Waals surface area contributed by atoms with E-state index in [0.29, 0.717) is 6.42 Å². The highest BCUT2D eigenvalue weighted by atomic mass is 16.4. The first-order chi connectivity index (χ1) is 40.5. The number of guanidine groups is 1. The maximum atomic E-state index is 14.2. The molecule has 1 aliphatic rings. The summed E-state index contributed by atoms with van der Waals surface area (Å²) in [7, 11) is 0. The molecule has 1 aromatic carbocycles. The number of likely N-dealkylation sites (tertiary alicyclic amines) is 1. The summed E-state index contributed by atoms with van der Waals surface area (Å²) in [5.74, 6) is -13.8. The van der Waals surface area contributed by atoms with Gasteiger partial charge in [0.15, 0.2) is 5.96 Å². The number of carboxylic acid groups (broad SMARTS) is 2. The third-order valence-corrected chi connectivity index (χ3v) is 13.7. The molecule has 1 fully saturated rings. The van der Waals surface area contributed by atoms with Gasteiger partial charge in [-0.05, 0) is 87.7 Å². The zero-order chi connectivity index (χ0) is 64.4. The molecule has 2 aromatic rings. The van der Waals surface area contributed by atoms with Gasteiger partial charge in [0.05, 0.1) is 19.2 Å². The van der Waals surface area contributed by atoms with Crippen molar-refractivity contribution in [3.05, 3.63) is 36.0 Å². The molecule has 476 valence electrons. The van der Waals surface area contributed by atoms with Crippen LogP contribution in [0.3, 0.4) is 0 Å². The highest BCUT2D eigenvalue weighted by Gasteiger charge is 2.40. The number of aromatic nitrogens is 1. The Bertz CT molecular complexity index is 2770. The van der Waals surface area contributed by atoms with Crippen LogP contribution in [0.4, 0.5) is 0 Å². The molecule has 11 amide bonds. The number of aromatic amines is 1. The Morgan fingerprint density at radius 2 is 1.16 bits per heavy atom. The first kappa shape index (κ1) is 71.3. The van der Waals surface area contributed by atoms with Crippen LogP contribution < -0.4 is 71.2 Å². The number of carbonyl (C=O) groups is 13. The molecular weight excluding hydrogens is 1130 g/mol. The largest absolute Gasteiger partial charge is 0.481 e. The lowest BCUT2D eigenvalue weighted by atomic mass is 10.0. The van der Waals surface area contributed by atoms with Crippen LogP contribution in [0.2, 0.25) is 0 Å². The molecule has 0 aliphatic carbocycles. The van der Waals surface area contributed by atoms with Gasteiger partial charge in [0.25, 0.3) is 0 Å². The number of carbonyl (C=O) groups excluding carboxylic acids is 11. The molecule has 3 rings (SSSR count). The van der Waals surface area contributed by atoms with E-state index in [1.165, 1.54) is 4.90 Å². The van der Waals surface area contributed by atoms with Crippen molar-refractivity contribution in [2.75, 3.05) is 26.2 Å². The Balaban J connectivity index is 1.73. The van der Waals surface area contributed by atoms with E-state index in [2.05, 4.69) is 52.5 Å². The van der Waals surface area contributed by atoms with Gasteiger partial charge in [0.2, 0.25) is 65.0 Å². The van der Waals surface area contributed by atoms with Crippen molar-refractivity contribution < 1.29 is 77.6 Å². The van der Waals surface area contributed by atoms with Crippen LogP contribution >= 0.6 is 0 Å². The van der Waals surface area contributed by atoms with E-state index in [1.54, 1.807) is 33.9 Å². The Labute approximate surface area is 495 Å². The number of carboxylic acids is 2. The summed E-state index contributed by atoms with van der Waals surface area (Å²) >= 11 is 0. The van der Waals surface area contributed by atoms with Gasteiger partial charge in [-0.2, -0.15) is 0 Å². The normalized spacial score (nSPS) is 15.7. The Kier molecular flexibility index (Phi) is 29.3. The number of primary amides is 2. The van der Waals surface area contributed by atoms with E-state index in [9.17, 15) is 77.6 Å². The Morgan fingerprint density at radius 1 is 0.640 bits per heavy atom. The second kappa shape index (κ2) is 35.4. The number of hydrogen-bond donors (Lipinski definition) is 17. The number of benzene rings is 1. The molecule has 2 heterocycles. The van der Waals surface area contributed by atoms with Crippen LogP contribution in [0.25, 0.3) is 10.9 Å². The number of para-hydroxylation sites is 1. The molecule has 86 heavy (non-hydrogen) atoms. The third kappa shape index (κ3) is 24.3. The summed E-state index contributed by atoms with van der Waals surface area (Å²) in [5, 5.41) is 49.6. The predicted octanol–water partition coefficient (Wildman–Crippen LogP) is -4.84. The SMILES string of the molecule is CC(C)C[C@H](NC(=O)[C@@H](N)Cc1c[nH]c2ccccc12)C(=O)N[C@@H](CCC(N)=O)C(=O)NCC(=O)N[C@@H](CO)C(=O)N[C@@H](CCC(N)=O)C(=O)N[C@@H](CCC(=O)O)C(=O)N[C@@H](CC(C)C)C(=O)N1CCC[C@H]1C(=O)N[C@@H](CCCN=C(N)N)C(=O)O. The van der Waals surface area contributed by atoms with Crippen molar-refractivity contribution in [1.29, 1.82) is 0 Å². The summed E-state index contributed by atoms with van der Waals surface area (Å²) in [6.45, 7) is 5.14. The summed E-state index contributed by atoms with van der Waals surface area (Å²) in [6.07, 6.45) is -0.610. The molecule has 32 heteroatoms. The van der Waals surface area contributed by atoms with Gasteiger partial charge in [-0.3, -0.25) is 62.5 Å². The van der Waals surface area contributed by atoms with Crippen molar-refractivity contribution in [2.24, 2.45) is 45.5 Å². The number of aliphatic hydroxyl groups excluding tert-OH is 1. The highest BCUT2D eigenvalue weighted by molar-refractivity contribution is 5.99. The lowest BCUT2D eigenvalue weighted by Gasteiger charge is -2.31. The van der Waals surface area contributed by atoms with Crippen LogP contribution in [0.5, 0.6) is 0 Å². The van der Waals surface area contributed by atoms with Crippen molar-refractivity contribution in [3.8, 4) is 0 Å². The van der Waals surface area contributed by atoms with Crippen LogP contribution in [0, 0.1) is 11.8 Å². The van der Waals surface area contributed by atoms with Crippen LogP contribution in [0.15, 0.2) is 35.5 Å². The number of aliphatic carboxylic acids is 2. The number of H-pyrrole nitrogens is 1. The molecule has 1 aromatic heterocycles. The second-order valence-electron chi connectivity index (χ2n) is 21.7. The maximum Gasteiger partial charge on any atom is 0.326 e.